The summed E-state index contributed by atoms with van der Waals surface area (Å²) in [6.45, 7) is 0. The number of ketones is 1. The van der Waals surface area contributed by atoms with Gasteiger partial charge in [0.25, 0.3) is 0 Å². The Morgan fingerprint density at radius 1 is 0.905 bits per heavy atom. The molecular weight excluding hydrogens is 280 g/mol. The number of carbonyl (C=O) groups is 1. The number of rotatable bonds is 5. The third-order valence-electron chi connectivity index (χ3n) is 3.61. The minimum atomic E-state index is 0.270. The van der Waals surface area contributed by atoms with E-state index in [0.717, 1.165) is 22.8 Å². The Morgan fingerprint density at radius 2 is 1.52 bits per heavy atom. The fourth-order valence-electron chi connectivity index (χ4n) is 2.46. The minimum absolute atomic E-state index is 0.270. The maximum absolute atomic E-state index is 12.2. The second-order valence-corrected chi connectivity index (χ2v) is 7.56. The monoisotopic (exact) mass is 299 g/mol. The summed E-state index contributed by atoms with van der Waals surface area (Å²) in [6.07, 6.45) is 2.58. The molecule has 2 aromatic carbocycles. The second-order valence-electron chi connectivity index (χ2n) is 5.23. The molecule has 0 N–H and O–H groups in total. The first kappa shape index (κ1) is 14.2. The van der Waals surface area contributed by atoms with Crippen LogP contribution >= 0.6 is 0 Å². The fourth-order valence-corrected chi connectivity index (χ4v) is 4.72. The molecule has 3 heteroatoms. The number of hydrogen-bond acceptors (Lipinski definition) is 2. The molecule has 108 valence electrons. The second kappa shape index (κ2) is 6.81. The van der Waals surface area contributed by atoms with Crippen LogP contribution in [0, 0.1) is 0 Å². The van der Waals surface area contributed by atoms with Crippen LogP contribution in [-0.4, -0.2) is 23.0 Å². The smallest absolute Gasteiger partial charge is 0.211 e. The van der Waals surface area contributed by atoms with E-state index in [1.165, 1.54) is 24.3 Å². The Balaban J connectivity index is 1.62. The molecule has 3 rings (SSSR count). The minimum Gasteiger partial charge on any atom is -0.457 e. The van der Waals surface area contributed by atoms with E-state index in [0.29, 0.717) is 10.9 Å². The van der Waals surface area contributed by atoms with Gasteiger partial charge in [0, 0.05) is 5.56 Å². The summed E-state index contributed by atoms with van der Waals surface area (Å²) in [7, 11) is 0.324. The Hall–Kier alpha value is -1.74. The normalized spacial score (nSPS) is 15.0. The zero-order chi connectivity index (χ0) is 14.5. The van der Waals surface area contributed by atoms with Gasteiger partial charge in [-0.2, -0.15) is 0 Å². The highest BCUT2D eigenvalue weighted by Crippen LogP contribution is 2.22. The highest BCUT2D eigenvalue weighted by atomic mass is 32.2. The van der Waals surface area contributed by atoms with Crippen LogP contribution in [-0.2, 0) is 10.9 Å². The lowest BCUT2D eigenvalue weighted by molar-refractivity contribution is 0.102. The van der Waals surface area contributed by atoms with E-state index in [1.807, 2.05) is 54.6 Å². The highest BCUT2D eigenvalue weighted by Gasteiger charge is 2.27. The third kappa shape index (κ3) is 3.88. The van der Waals surface area contributed by atoms with E-state index < -0.39 is 0 Å². The number of benzene rings is 2. The van der Waals surface area contributed by atoms with E-state index in [-0.39, 0.29) is 5.78 Å². The number of para-hydroxylation sites is 1. The average Bonchev–Trinajstić information content (AvgIpc) is 3.02. The van der Waals surface area contributed by atoms with E-state index in [4.69, 9.17) is 4.74 Å². The molecule has 1 aliphatic rings. The van der Waals surface area contributed by atoms with E-state index in [9.17, 15) is 4.79 Å². The van der Waals surface area contributed by atoms with Gasteiger partial charge in [0.1, 0.15) is 23.0 Å². The number of Topliss-reactive ketones (excluding diaryl/α,β-unsaturated/α-hetero) is 1. The first-order valence-electron chi connectivity index (χ1n) is 7.31. The van der Waals surface area contributed by atoms with Crippen molar-refractivity contribution in [1.29, 1.82) is 0 Å². The molecule has 1 saturated heterocycles. The van der Waals surface area contributed by atoms with Crippen LogP contribution in [0.4, 0.5) is 0 Å². The van der Waals surface area contributed by atoms with Crippen molar-refractivity contribution in [2.45, 2.75) is 12.8 Å². The SMILES string of the molecule is O=C(C[S+]1CCCC1)c1ccc(Oc2ccccc2)cc1. The third-order valence-corrected chi connectivity index (χ3v) is 6.01. The van der Waals surface area contributed by atoms with Crippen LogP contribution in [0.3, 0.4) is 0 Å². The molecule has 0 radical (unpaired) electrons. The van der Waals surface area contributed by atoms with Gasteiger partial charge in [0.2, 0.25) is 5.78 Å². The summed E-state index contributed by atoms with van der Waals surface area (Å²) in [6, 6.07) is 17.2. The van der Waals surface area contributed by atoms with Crippen molar-refractivity contribution in [3.8, 4) is 11.5 Å². The van der Waals surface area contributed by atoms with E-state index in [1.54, 1.807) is 0 Å². The fraction of sp³-hybridized carbons (Fsp3) is 0.278. The maximum Gasteiger partial charge on any atom is 0.211 e. The van der Waals surface area contributed by atoms with E-state index in [2.05, 4.69) is 0 Å². The summed E-state index contributed by atoms with van der Waals surface area (Å²) in [4.78, 5) is 12.2. The molecule has 1 aliphatic heterocycles. The van der Waals surface area contributed by atoms with Crippen molar-refractivity contribution in [1.82, 2.24) is 0 Å². The molecule has 2 aromatic rings. The summed E-state index contributed by atoms with van der Waals surface area (Å²) in [5.41, 5.74) is 0.801. The Morgan fingerprint density at radius 3 is 2.19 bits per heavy atom. The van der Waals surface area contributed by atoms with Crippen molar-refractivity contribution in [3.05, 3.63) is 60.2 Å². The summed E-state index contributed by atoms with van der Waals surface area (Å²) >= 11 is 0. The number of hydrogen-bond donors (Lipinski definition) is 0. The number of carbonyl (C=O) groups excluding carboxylic acids is 1. The molecule has 0 aliphatic carbocycles. The first-order valence-corrected chi connectivity index (χ1v) is 9.05. The molecule has 1 fully saturated rings. The lowest BCUT2D eigenvalue weighted by atomic mass is 10.1. The Labute approximate surface area is 128 Å². The highest BCUT2D eigenvalue weighted by molar-refractivity contribution is 7.97. The number of ether oxygens (including phenoxy) is 1. The van der Waals surface area contributed by atoms with Crippen molar-refractivity contribution < 1.29 is 9.53 Å². The van der Waals surface area contributed by atoms with Gasteiger partial charge in [-0.3, -0.25) is 4.79 Å². The maximum atomic E-state index is 12.2. The Bertz CT molecular complexity index is 586. The summed E-state index contributed by atoms with van der Waals surface area (Å²) < 4.78 is 5.74. The van der Waals surface area contributed by atoms with Gasteiger partial charge in [-0.1, -0.05) is 18.2 Å². The van der Waals surface area contributed by atoms with Gasteiger partial charge in [-0.25, -0.2) is 0 Å². The van der Waals surface area contributed by atoms with Crippen LogP contribution in [0.5, 0.6) is 11.5 Å². The van der Waals surface area contributed by atoms with Gasteiger partial charge in [-0.15, -0.1) is 0 Å². The predicted octanol–water partition coefficient (Wildman–Crippen LogP) is 4.07. The lowest BCUT2D eigenvalue weighted by Gasteiger charge is -2.06. The van der Waals surface area contributed by atoms with Gasteiger partial charge < -0.3 is 4.74 Å². The molecule has 0 spiro atoms. The molecule has 0 amide bonds. The first-order chi connectivity index (χ1) is 10.3. The zero-order valence-electron chi connectivity index (χ0n) is 12.0. The zero-order valence-corrected chi connectivity index (χ0v) is 12.8. The van der Waals surface area contributed by atoms with Crippen LogP contribution < -0.4 is 4.74 Å². The van der Waals surface area contributed by atoms with E-state index >= 15 is 0 Å². The Kier molecular flexibility index (Phi) is 4.61. The van der Waals surface area contributed by atoms with Crippen molar-refractivity contribution in [3.63, 3.8) is 0 Å². The standard InChI is InChI=1S/C18H19O2S/c19-18(14-21-12-4-5-13-21)15-8-10-17(11-9-15)20-16-6-2-1-3-7-16/h1-3,6-11H,4-5,12-14H2/q+1. The molecular formula is C18H19O2S+. The molecule has 0 bridgehead atoms. The van der Waals surface area contributed by atoms with Gasteiger partial charge in [0.05, 0.1) is 0 Å². The molecule has 0 aromatic heterocycles. The molecule has 21 heavy (non-hydrogen) atoms. The molecule has 0 saturated carbocycles. The largest absolute Gasteiger partial charge is 0.457 e. The average molecular weight is 299 g/mol. The molecule has 1 heterocycles. The van der Waals surface area contributed by atoms with Crippen molar-refractivity contribution in [2.24, 2.45) is 0 Å². The van der Waals surface area contributed by atoms with Crippen molar-refractivity contribution >= 4 is 16.7 Å². The topological polar surface area (TPSA) is 26.3 Å². The summed E-state index contributed by atoms with van der Waals surface area (Å²) in [5.74, 6) is 5.04. The quantitative estimate of drug-likeness (QED) is 0.614. The van der Waals surface area contributed by atoms with Crippen LogP contribution in [0.2, 0.25) is 0 Å². The predicted molar refractivity (Wildman–Crippen MR) is 88.5 cm³/mol. The van der Waals surface area contributed by atoms with Gasteiger partial charge in [0.15, 0.2) is 5.75 Å². The van der Waals surface area contributed by atoms with Crippen LogP contribution in [0.1, 0.15) is 23.2 Å². The lowest BCUT2D eigenvalue weighted by Crippen LogP contribution is -2.17. The van der Waals surface area contributed by atoms with Crippen LogP contribution in [0.15, 0.2) is 54.6 Å². The molecule has 0 atom stereocenters. The van der Waals surface area contributed by atoms with Crippen molar-refractivity contribution in [2.75, 3.05) is 17.3 Å². The van der Waals surface area contributed by atoms with Crippen LogP contribution in [0.25, 0.3) is 0 Å². The molecule has 2 nitrogen and oxygen atoms in total. The summed E-state index contributed by atoms with van der Waals surface area (Å²) in [5, 5.41) is 0. The molecule has 0 unspecified atom stereocenters. The van der Waals surface area contributed by atoms with Gasteiger partial charge in [-0.05, 0) is 60.1 Å². The van der Waals surface area contributed by atoms with Gasteiger partial charge >= 0.3 is 0 Å².